The van der Waals surface area contributed by atoms with E-state index in [1.54, 1.807) is 6.92 Å². The molecule has 0 heterocycles. The van der Waals surface area contributed by atoms with Crippen molar-refractivity contribution in [2.24, 2.45) is 0 Å². The summed E-state index contributed by atoms with van der Waals surface area (Å²) in [6.45, 7) is 3.81. The number of thioether (sulfide) groups is 1. The minimum Gasteiger partial charge on any atom is -0.480 e. The number of hydrogen-bond acceptors (Lipinski definition) is 3. The van der Waals surface area contributed by atoms with E-state index in [1.165, 1.54) is 64.2 Å². The first-order valence-electron chi connectivity index (χ1n) is 10.1. The standard InChI is InChI=1S/C21H38O3S/c1-3-4-5-6-7-8-9-10-11-12-13-14-15-16-17-18-20(22)25-19(2)21(23)24/h10-11,19H,3-9,12-18H2,1-2H3,(H,23,24). The molecule has 0 saturated heterocycles. The van der Waals surface area contributed by atoms with Crippen LogP contribution in [0.5, 0.6) is 0 Å². The van der Waals surface area contributed by atoms with E-state index in [9.17, 15) is 9.59 Å². The zero-order valence-electron chi connectivity index (χ0n) is 16.3. The Morgan fingerprint density at radius 2 is 1.32 bits per heavy atom. The van der Waals surface area contributed by atoms with Crippen molar-refractivity contribution in [3.63, 3.8) is 0 Å². The molecule has 0 aliphatic heterocycles. The number of allylic oxidation sites excluding steroid dienone is 2. The Hall–Kier alpha value is -0.770. The largest absolute Gasteiger partial charge is 0.480 e. The van der Waals surface area contributed by atoms with Crippen molar-refractivity contribution in [2.45, 2.75) is 109 Å². The predicted octanol–water partition coefficient (Wildman–Crippen LogP) is 6.76. The van der Waals surface area contributed by atoms with E-state index in [0.717, 1.165) is 31.0 Å². The molecule has 1 unspecified atom stereocenters. The molecule has 4 heteroatoms. The Balaban J connectivity index is 3.29. The van der Waals surface area contributed by atoms with E-state index >= 15 is 0 Å². The van der Waals surface area contributed by atoms with Gasteiger partial charge in [0.15, 0.2) is 5.12 Å². The second kappa shape index (κ2) is 18.0. The van der Waals surface area contributed by atoms with Gasteiger partial charge in [0.25, 0.3) is 0 Å². The molecule has 0 amide bonds. The quantitative estimate of drug-likeness (QED) is 0.227. The zero-order valence-corrected chi connectivity index (χ0v) is 17.1. The lowest BCUT2D eigenvalue weighted by molar-refractivity contribution is -0.136. The fourth-order valence-electron chi connectivity index (χ4n) is 2.65. The second-order valence-corrected chi connectivity index (χ2v) is 8.20. The first-order valence-corrected chi connectivity index (χ1v) is 11.0. The fourth-order valence-corrected chi connectivity index (χ4v) is 3.40. The van der Waals surface area contributed by atoms with Gasteiger partial charge >= 0.3 is 5.97 Å². The molecule has 0 aromatic heterocycles. The summed E-state index contributed by atoms with van der Waals surface area (Å²) >= 11 is 0.947. The molecular weight excluding hydrogens is 332 g/mol. The number of unbranched alkanes of at least 4 members (excludes halogenated alkanes) is 11. The Labute approximate surface area is 159 Å². The molecule has 0 radical (unpaired) electrons. The molecule has 146 valence electrons. The van der Waals surface area contributed by atoms with Gasteiger partial charge in [-0.2, -0.15) is 0 Å². The van der Waals surface area contributed by atoms with E-state index in [-0.39, 0.29) is 5.12 Å². The summed E-state index contributed by atoms with van der Waals surface area (Å²) in [5.74, 6) is -0.914. The number of carbonyl (C=O) groups is 2. The summed E-state index contributed by atoms with van der Waals surface area (Å²) < 4.78 is 0. The Kier molecular flexibility index (Phi) is 17.5. The van der Waals surface area contributed by atoms with Crippen LogP contribution in [0.1, 0.15) is 104 Å². The highest BCUT2D eigenvalue weighted by Crippen LogP contribution is 2.17. The van der Waals surface area contributed by atoms with Crippen LogP contribution in [-0.4, -0.2) is 21.4 Å². The fraction of sp³-hybridized carbons (Fsp3) is 0.810. The average molecular weight is 371 g/mol. The van der Waals surface area contributed by atoms with Crippen LogP contribution in [0.15, 0.2) is 12.2 Å². The van der Waals surface area contributed by atoms with Crippen LogP contribution in [0.3, 0.4) is 0 Å². The highest BCUT2D eigenvalue weighted by molar-refractivity contribution is 8.14. The number of carboxylic acids is 1. The van der Waals surface area contributed by atoms with Gasteiger partial charge in [-0.1, -0.05) is 82.2 Å². The Bertz CT molecular complexity index is 366. The second-order valence-electron chi connectivity index (χ2n) is 6.80. The van der Waals surface area contributed by atoms with Gasteiger partial charge < -0.3 is 5.11 Å². The smallest absolute Gasteiger partial charge is 0.316 e. The van der Waals surface area contributed by atoms with E-state index < -0.39 is 11.2 Å². The maximum absolute atomic E-state index is 11.6. The lowest BCUT2D eigenvalue weighted by Gasteiger charge is -2.04. The van der Waals surface area contributed by atoms with Crippen LogP contribution in [0.4, 0.5) is 0 Å². The van der Waals surface area contributed by atoms with Gasteiger partial charge in [0.05, 0.1) is 0 Å². The monoisotopic (exact) mass is 370 g/mol. The van der Waals surface area contributed by atoms with Crippen LogP contribution in [0.2, 0.25) is 0 Å². The lowest BCUT2D eigenvalue weighted by Crippen LogP contribution is -2.14. The van der Waals surface area contributed by atoms with Crippen LogP contribution in [-0.2, 0) is 9.59 Å². The molecule has 0 rings (SSSR count). The van der Waals surface area contributed by atoms with Crippen molar-refractivity contribution in [3.8, 4) is 0 Å². The molecule has 3 nitrogen and oxygen atoms in total. The molecule has 0 bridgehead atoms. The summed E-state index contributed by atoms with van der Waals surface area (Å²) in [7, 11) is 0. The Morgan fingerprint density at radius 1 is 0.840 bits per heavy atom. The van der Waals surface area contributed by atoms with Crippen LogP contribution < -0.4 is 0 Å². The van der Waals surface area contributed by atoms with Gasteiger partial charge in [0.2, 0.25) is 0 Å². The van der Waals surface area contributed by atoms with E-state index in [1.807, 2.05) is 0 Å². The molecular formula is C21H38O3S. The molecule has 0 saturated carbocycles. The van der Waals surface area contributed by atoms with Crippen molar-refractivity contribution in [1.82, 2.24) is 0 Å². The lowest BCUT2D eigenvalue weighted by atomic mass is 10.1. The minimum absolute atomic E-state index is 0.00697. The van der Waals surface area contributed by atoms with Crippen LogP contribution in [0.25, 0.3) is 0 Å². The molecule has 1 N–H and O–H groups in total. The summed E-state index contributed by atoms with van der Waals surface area (Å²) in [5, 5.41) is 8.13. The van der Waals surface area contributed by atoms with Gasteiger partial charge in [0, 0.05) is 6.42 Å². The van der Waals surface area contributed by atoms with Crippen molar-refractivity contribution in [1.29, 1.82) is 0 Å². The summed E-state index contributed by atoms with van der Waals surface area (Å²) in [6.07, 6.45) is 21.3. The maximum Gasteiger partial charge on any atom is 0.316 e. The normalized spacial score (nSPS) is 12.6. The molecule has 0 aromatic carbocycles. The number of rotatable bonds is 17. The number of hydrogen-bond donors (Lipinski definition) is 1. The third-order valence-electron chi connectivity index (χ3n) is 4.30. The van der Waals surface area contributed by atoms with Crippen molar-refractivity contribution in [2.75, 3.05) is 0 Å². The first kappa shape index (κ1) is 24.2. The van der Waals surface area contributed by atoms with Gasteiger partial charge in [-0.15, -0.1) is 0 Å². The maximum atomic E-state index is 11.6. The third-order valence-corrected chi connectivity index (χ3v) is 5.32. The molecule has 0 aliphatic carbocycles. The molecule has 0 spiro atoms. The summed E-state index contributed by atoms with van der Waals surface area (Å²) in [4.78, 5) is 22.3. The van der Waals surface area contributed by atoms with Crippen molar-refractivity contribution < 1.29 is 14.7 Å². The van der Waals surface area contributed by atoms with Gasteiger partial charge in [-0.25, -0.2) is 0 Å². The SMILES string of the molecule is CCCCCCCCC=CCCCCCCCC(=O)SC(C)C(=O)O. The van der Waals surface area contributed by atoms with Crippen LogP contribution in [0, 0.1) is 0 Å². The Morgan fingerprint density at radius 3 is 1.84 bits per heavy atom. The highest BCUT2D eigenvalue weighted by atomic mass is 32.2. The summed E-state index contributed by atoms with van der Waals surface area (Å²) in [5.41, 5.74) is 0. The summed E-state index contributed by atoms with van der Waals surface area (Å²) in [6, 6.07) is 0. The predicted molar refractivity (Wildman–Crippen MR) is 109 cm³/mol. The molecule has 1 atom stereocenters. The van der Waals surface area contributed by atoms with Crippen molar-refractivity contribution in [3.05, 3.63) is 12.2 Å². The van der Waals surface area contributed by atoms with Gasteiger partial charge in [0.1, 0.15) is 5.25 Å². The number of aliphatic carboxylic acids is 1. The van der Waals surface area contributed by atoms with Crippen LogP contribution >= 0.6 is 11.8 Å². The first-order chi connectivity index (χ1) is 12.1. The molecule has 0 fully saturated rings. The van der Waals surface area contributed by atoms with Gasteiger partial charge in [-0.05, 0) is 39.0 Å². The zero-order chi connectivity index (χ0) is 18.8. The van der Waals surface area contributed by atoms with E-state index in [4.69, 9.17) is 5.11 Å². The number of carboxylic acid groups (broad SMARTS) is 1. The average Bonchev–Trinajstić information content (AvgIpc) is 2.58. The topological polar surface area (TPSA) is 54.4 Å². The number of carbonyl (C=O) groups excluding carboxylic acids is 1. The van der Waals surface area contributed by atoms with E-state index in [2.05, 4.69) is 19.1 Å². The third kappa shape index (κ3) is 17.8. The molecule has 25 heavy (non-hydrogen) atoms. The van der Waals surface area contributed by atoms with Crippen molar-refractivity contribution >= 4 is 22.8 Å². The molecule has 0 aliphatic rings. The molecule has 0 aromatic rings. The van der Waals surface area contributed by atoms with Gasteiger partial charge in [-0.3, -0.25) is 9.59 Å². The van der Waals surface area contributed by atoms with E-state index in [0.29, 0.717) is 6.42 Å². The minimum atomic E-state index is -0.914. The highest BCUT2D eigenvalue weighted by Gasteiger charge is 2.15.